The van der Waals surface area contributed by atoms with Gasteiger partial charge in [-0.3, -0.25) is 4.90 Å². The van der Waals surface area contributed by atoms with Crippen LogP contribution in [0.5, 0.6) is 5.75 Å². The van der Waals surface area contributed by atoms with Gasteiger partial charge in [0.25, 0.3) is 0 Å². The minimum atomic E-state index is 0.209. The molecule has 1 fully saturated rings. The van der Waals surface area contributed by atoms with Gasteiger partial charge < -0.3 is 9.84 Å². The molecule has 1 aromatic carbocycles. The smallest absolute Gasteiger partial charge is 0.120 e. The van der Waals surface area contributed by atoms with E-state index in [1.807, 2.05) is 19.1 Å². The van der Waals surface area contributed by atoms with Crippen molar-refractivity contribution in [3.8, 4) is 5.75 Å². The Morgan fingerprint density at radius 1 is 1.53 bits per heavy atom. The number of aromatic hydroxyl groups is 1. The number of rotatable bonds is 4. The number of nitrogens with zero attached hydrogens (tertiary/aromatic N) is 1. The molecule has 0 aromatic heterocycles. The van der Waals surface area contributed by atoms with Crippen molar-refractivity contribution >= 4 is 15.9 Å². The predicted molar refractivity (Wildman–Crippen MR) is 80.4 cm³/mol. The Kier molecular flexibility index (Phi) is 5.25. The molecule has 2 atom stereocenters. The van der Waals surface area contributed by atoms with Crippen molar-refractivity contribution in [2.75, 3.05) is 19.7 Å². The minimum Gasteiger partial charge on any atom is -0.508 e. The molecule has 2 unspecified atom stereocenters. The van der Waals surface area contributed by atoms with Crippen molar-refractivity contribution in [2.45, 2.75) is 38.8 Å². The molecule has 0 aliphatic carbocycles. The summed E-state index contributed by atoms with van der Waals surface area (Å²) in [5, 5.41) is 10.0. The first-order valence-corrected chi connectivity index (χ1v) is 7.75. The summed E-state index contributed by atoms with van der Waals surface area (Å²) in [6.07, 6.45) is 2.63. The zero-order chi connectivity index (χ0) is 13.8. The second-order valence-corrected chi connectivity index (χ2v) is 6.01. The molecule has 2 rings (SSSR count). The fourth-order valence-electron chi connectivity index (χ4n) is 2.75. The van der Waals surface area contributed by atoms with Crippen molar-refractivity contribution in [3.05, 3.63) is 28.2 Å². The van der Waals surface area contributed by atoms with E-state index < -0.39 is 0 Å². The van der Waals surface area contributed by atoms with Gasteiger partial charge in [-0.2, -0.15) is 0 Å². The quantitative estimate of drug-likeness (QED) is 0.914. The molecule has 1 aromatic rings. The van der Waals surface area contributed by atoms with Gasteiger partial charge in [0.2, 0.25) is 0 Å². The molecule has 1 N–H and O–H groups in total. The van der Waals surface area contributed by atoms with Crippen LogP contribution in [0, 0.1) is 0 Å². The van der Waals surface area contributed by atoms with Gasteiger partial charge in [0, 0.05) is 29.2 Å². The highest BCUT2D eigenvalue weighted by molar-refractivity contribution is 9.10. The SMILES string of the molecule is CCOC1CCCN(C(C)c2cc(Br)ccc2O)C1. The van der Waals surface area contributed by atoms with E-state index in [4.69, 9.17) is 4.74 Å². The number of piperidine rings is 1. The molecule has 0 bridgehead atoms. The van der Waals surface area contributed by atoms with E-state index in [9.17, 15) is 5.11 Å². The Labute approximate surface area is 123 Å². The molecule has 0 saturated carbocycles. The van der Waals surface area contributed by atoms with Gasteiger partial charge in [-0.05, 0) is 51.4 Å². The van der Waals surface area contributed by atoms with Crippen molar-refractivity contribution in [2.24, 2.45) is 0 Å². The monoisotopic (exact) mass is 327 g/mol. The summed E-state index contributed by atoms with van der Waals surface area (Å²) < 4.78 is 6.74. The van der Waals surface area contributed by atoms with E-state index in [0.717, 1.165) is 42.6 Å². The second kappa shape index (κ2) is 6.73. The highest BCUT2D eigenvalue weighted by atomic mass is 79.9. The summed E-state index contributed by atoms with van der Waals surface area (Å²) >= 11 is 3.47. The molecule has 106 valence electrons. The number of phenolic OH excluding ortho intramolecular Hbond substituents is 1. The average Bonchev–Trinajstić information content (AvgIpc) is 2.41. The summed E-state index contributed by atoms with van der Waals surface area (Å²) in [5.41, 5.74) is 0.978. The maximum absolute atomic E-state index is 10.0. The predicted octanol–water partition coefficient (Wildman–Crippen LogP) is 3.72. The van der Waals surface area contributed by atoms with Crippen LogP contribution >= 0.6 is 15.9 Å². The summed E-state index contributed by atoms with van der Waals surface area (Å²) in [4.78, 5) is 2.39. The molecule has 0 radical (unpaired) electrons. The first kappa shape index (κ1) is 14.8. The number of halogens is 1. The minimum absolute atomic E-state index is 0.209. The van der Waals surface area contributed by atoms with Gasteiger partial charge in [0.05, 0.1) is 6.10 Å². The van der Waals surface area contributed by atoms with Crippen LogP contribution in [-0.2, 0) is 4.74 Å². The van der Waals surface area contributed by atoms with Gasteiger partial charge in [0.1, 0.15) is 5.75 Å². The van der Waals surface area contributed by atoms with E-state index in [1.165, 1.54) is 0 Å². The van der Waals surface area contributed by atoms with Crippen LogP contribution in [0.2, 0.25) is 0 Å². The van der Waals surface area contributed by atoms with E-state index in [2.05, 4.69) is 27.8 Å². The van der Waals surface area contributed by atoms with Gasteiger partial charge in [0.15, 0.2) is 0 Å². The lowest BCUT2D eigenvalue weighted by Crippen LogP contribution is -2.41. The summed E-state index contributed by atoms with van der Waals surface area (Å²) in [6, 6.07) is 5.83. The zero-order valence-corrected chi connectivity index (χ0v) is 13.2. The van der Waals surface area contributed by atoms with Crippen LogP contribution in [0.15, 0.2) is 22.7 Å². The van der Waals surface area contributed by atoms with Gasteiger partial charge in [-0.25, -0.2) is 0 Å². The van der Waals surface area contributed by atoms with E-state index in [1.54, 1.807) is 6.07 Å². The average molecular weight is 328 g/mol. The molecule has 1 aliphatic rings. The van der Waals surface area contributed by atoms with Crippen LogP contribution in [-0.4, -0.2) is 35.8 Å². The number of benzene rings is 1. The number of likely N-dealkylation sites (tertiary alicyclic amines) is 1. The first-order chi connectivity index (χ1) is 9.11. The lowest BCUT2D eigenvalue weighted by Gasteiger charge is -2.37. The van der Waals surface area contributed by atoms with Crippen LogP contribution < -0.4 is 0 Å². The largest absolute Gasteiger partial charge is 0.508 e. The molecule has 1 saturated heterocycles. The molecular weight excluding hydrogens is 306 g/mol. The van der Waals surface area contributed by atoms with Gasteiger partial charge in [-0.1, -0.05) is 15.9 Å². The van der Waals surface area contributed by atoms with E-state index >= 15 is 0 Å². The lowest BCUT2D eigenvalue weighted by molar-refractivity contribution is -0.00564. The molecule has 0 spiro atoms. The molecule has 19 heavy (non-hydrogen) atoms. The van der Waals surface area contributed by atoms with Crippen LogP contribution in [0.1, 0.15) is 38.3 Å². The molecule has 0 amide bonds. The third kappa shape index (κ3) is 3.71. The summed E-state index contributed by atoms with van der Waals surface area (Å²) in [5.74, 6) is 0.370. The highest BCUT2D eigenvalue weighted by Gasteiger charge is 2.25. The molecular formula is C15H22BrNO2. The van der Waals surface area contributed by atoms with Gasteiger partial charge in [-0.15, -0.1) is 0 Å². The molecule has 3 nitrogen and oxygen atoms in total. The Morgan fingerprint density at radius 3 is 3.05 bits per heavy atom. The first-order valence-electron chi connectivity index (χ1n) is 6.96. The number of ether oxygens (including phenoxy) is 1. The Balaban J connectivity index is 2.10. The van der Waals surface area contributed by atoms with E-state index in [0.29, 0.717) is 11.9 Å². The van der Waals surface area contributed by atoms with E-state index in [-0.39, 0.29) is 6.04 Å². The third-order valence-corrected chi connectivity index (χ3v) is 4.29. The Morgan fingerprint density at radius 2 is 2.32 bits per heavy atom. The van der Waals surface area contributed by atoms with Crippen molar-refractivity contribution in [3.63, 3.8) is 0 Å². The highest BCUT2D eigenvalue weighted by Crippen LogP contribution is 2.32. The number of hydrogen-bond acceptors (Lipinski definition) is 3. The zero-order valence-electron chi connectivity index (χ0n) is 11.6. The summed E-state index contributed by atoms with van der Waals surface area (Å²) in [6.45, 7) is 6.98. The second-order valence-electron chi connectivity index (χ2n) is 5.09. The molecule has 1 aliphatic heterocycles. The Hall–Kier alpha value is -0.580. The molecule has 1 heterocycles. The lowest BCUT2D eigenvalue weighted by atomic mass is 10.0. The maximum Gasteiger partial charge on any atom is 0.120 e. The van der Waals surface area contributed by atoms with Crippen LogP contribution in [0.3, 0.4) is 0 Å². The van der Waals surface area contributed by atoms with Crippen LogP contribution in [0.4, 0.5) is 0 Å². The van der Waals surface area contributed by atoms with Crippen molar-refractivity contribution in [1.82, 2.24) is 4.90 Å². The fourth-order valence-corrected chi connectivity index (χ4v) is 3.13. The standard InChI is InChI=1S/C15H22BrNO2/c1-3-19-13-5-4-8-17(10-13)11(2)14-9-12(16)6-7-15(14)18/h6-7,9,11,13,18H,3-5,8,10H2,1-2H3. The van der Waals surface area contributed by atoms with Crippen molar-refractivity contribution in [1.29, 1.82) is 0 Å². The molecule has 4 heteroatoms. The maximum atomic E-state index is 10.0. The number of phenols is 1. The summed E-state index contributed by atoms with van der Waals surface area (Å²) in [7, 11) is 0. The fraction of sp³-hybridized carbons (Fsp3) is 0.600. The van der Waals surface area contributed by atoms with Gasteiger partial charge >= 0.3 is 0 Å². The van der Waals surface area contributed by atoms with Crippen LogP contribution in [0.25, 0.3) is 0 Å². The normalized spacial score (nSPS) is 22.4. The Bertz CT molecular complexity index is 423. The topological polar surface area (TPSA) is 32.7 Å². The van der Waals surface area contributed by atoms with Crippen molar-refractivity contribution < 1.29 is 9.84 Å². The number of hydrogen-bond donors (Lipinski definition) is 1. The third-order valence-electron chi connectivity index (χ3n) is 3.80.